The summed E-state index contributed by atoms with van der Waals surface area (Å²) in [5, 5.41) is 0. The number of hydrogen-bond acceptors (Lipinski definition) is 11. The van der Waals surface area contributed by atoms with Crippen LogP contribution < -0.4 is 0 Å². The fraction of sp³-hybridized carbons (Fsp3) is 1.00. The van der Waals surface area contributed by atoms with E-state index < -0.39 is 0 Å². The number of unbranched alkanes of at least 4 members (excludes halogenated alkanes) is 4. The van der Waals surface area contributed by atoms with Crippen molar-refractivity contribution in [3.05, 3.63) is 0 Å². The lowest BCUT2D eigenvalue weighted by atomic mass is 10.4. The maximum atomic E-state index is 5.93. The van der Waals surface area contributed by atoms with Crippen LogP contribution in [0.3, 0.4) is 0 Å². The monoisotopic (exact) mass is 659 g/mol. The molecule has 43 heavy (non-hydrogen) atoms. The average molecular weight is 660 g/mol. The van der Waals surface area contributed by atoms with Crippen molar-refractivity contribution in [1.82, 2.24) is 0 Å². The molecule has 0 aromatic heterocycles. The Bertz CT molecular complexity index is 555. The topological polar surface area (TPSA) is 105 Å². The summed E-state index contributed by atoms with van der Waals surface area (Å²) in [4.78, 5) is 0. The van der Waals surface area contributed by atoms with E-state index in [2.05, 4.69) is 32.2 Å². The highest BCUT2D eigenvalue weighted by atomic mass is 31.1. The molecule has 3 atom stereocenters. The van der Waals surface area contributed by atoms with Crippen LogP contribution in [-0.4, -0.2) is 118 Å². The average Bonchev–Trinajstić information content (AvgIpc) is 3.02. The molecule has 0 N–H and O–H groups in total. The van der Waals surface area contributed by atoms with Gasteiger partial charge in [-0.1, -0.05) is 53.4 Å². The van der Waals surface area contributed by atoms with Gasteiger partial charge in [0.25, 0.3) is 0 Å². The molecule has 0 saturated carbocycles. The van der Waals surface area contributed by atoms with Gasteiger partial charge in [-0.25, -0.2) is 0 Å². The van der Waals surface area contributed by atoms with E-state index in [0.717, 1.165) is 77.8 Å². The summed E-state index contributed by atoms with van der Waals surface area (Å²) >= 11 is 0. The van der Waals surface area contributed by atoms with Gasteiger partial charge in [0.05, 0.1) is 79.3 Å². The summed E-state index contributed by atoms with van der Waals surface area (Å²) in [7, 11) is 0.408. The minimum Gasteiger partial charge on any atom is -0.379 e. The second-order valence-electron chi connectivity index (χ2n) is 9.88. The summed E-state index contributed by atoms with van der Waals surface area (Å²) in [6.07, 6.45) is 8.30. The molecule has 0 aromatic rings. The van der Waals surface area contributed by atoms with Gasteiger partial charge in [-0.05, 0) is 25.7 Å². The van der Waals surface area contributed by atoms with Crippen LogP contribution in [0.25, 0.3) is 0 Å². The molecule has 0 radical (unpaired) electrons. The SMILES string of the molecule is CCCCOCCOCC(COP=NPOCC(COCCOCCCC)OCCOCCCC)OCCOCCCC. The van der Waals surface area contributed by atoms with Crippen molar-refractivity contribution < 1.29 is 46.9 Å². The highest BCUT2D eigenvalue weighted by molar-refractivity contribution is 7.39. The molecule has 0 aliphatic rings. The summed E-state index contributed by atoms with van der Waals surface area (Å²) in [6, 6.07) is 0. The molecular weight excluding hydrogens is 596 g/mol. The van der Waals surface area contributed by atoms with Crippen LogP contribution >= 0.6 is 17.6 Å². The standard InChI is InChI=1S/C30H63NO10P2/c1-5-9-13-32-17-19-36-25-29(38-23-21-34-15-11-7-3)27-40-42-31-43-41-28-30(39-24-22-35-16-12-8-4)26-37-20-18-33-14-10-6-2/h29-30,42H,5-28H2,1-4H3. The molecule has 0 aliphatic heterocycles. The zero-order chi connectivity index (χ0) is 31.3. The van der Waals surface area contributed by atoms with Crippen molar-refractivity contribution in [2.45, 2.75) is 91.3 Å². The predicted octanol–water partition coefficient (Wildman–Crippen LogP) is 6.64. The minimum absolute atomic E-state index is 0.0727. The molecule has 0 saturated heterocycles. The van der Waals surface area contributed by atoms with Crippen LogP contribution in [0.5, 0.6) is 0 Å². The van der Waals surface area contributed by atoms with E-state index in [9.17, 15) is 0 Å². The van der Waals surface area contributed by atoms with Crippen LogP contribution in [0.2, 0.25) is 0 Å². The molecule has 0 aromatic carbocycles. The zero-order valence-corrected chi connectivity index (χ0v) is 29.5. The molecule has 0 heterocycles. The fourth-order valence-electron chi connectivity index (χ4n) is 3.22. The molecular formula is C30H63NO10P2. The highest BCUT2D eigenvalue weighted by Gasteiger charge is 2.12. The normalized spacial score (nSPS) is 13.6. The van der Waals surface area contributed by atoms with Gasteiger partial charge in [-0.15, -0.1) is 0 Å². The molecule has 0 bridgehead atoms. The van der Waals surface area contributed by atoms with Gasteiger partial charge < -0.3 is 46.9 Å². The number of rotatable bonds is 37. The highest BCUT2D eigenvalue weighted by Crippen LogP contribution is 2.21. The Balaban J connectivity index is 4.33. The maximum absolute atomic E-state index is 5.93. The van der Waals surface area contributed by atoms with Gasteiger partial charge in [0, 0.05) is 26.4 Å². The van der Waals surface area contributed by atoms with Crippen LogP contribution in [0.15, 0.2) is 4.52 Å². The van der Waals surface area contributed by atoms with Gasteiger partial charge in [0.1, 0.15) is 21.2 Å². The summed E-state index contributed by atoms with van der Waals surface area (Å²) < 4.78 is 61.5. The van der Waals surface area contributed by atoms with Gasteiger partial charge in [-0.3, -0.25) is 0 Å². The Morgan fingerprint density at radius 3 is 1.30 bits per heavy atom. The molecule has 258 valence electrons. The number of ether oxygens (including phenoxy) is 8. The number of hydrogen-bond donors (Lipinski definition) is 0. The summed E-state index contributed by atoms with van der Waals surface area (Å²) in [5.74, 6) is 0. The van der Waals surface area contributed by atoms with Crippen molar-refractivity contribution in [2.75, 3.05) is 106 Å². The Hall–Kier alpha value is 0.130. The van der Waals surface area contributed by atoms with E-state index in [1.807, 2.05) is 0 Å². The Kier molecular flexibility index (Phi) is 38.4. The summed E-state index contributed by atoms with van der Waals surface area (Å²) in [5.41, 5.74) is 0. The maximum Gasteiger partial charge on any atom is 0.178 e. The van der Waals surface area contributed by atoms with Crippen molar-refractivity contribution in [1.29, 1.82) is 0 Å². The zero-order valence-electron chi connectivity index (χ0n) is 27.6. The second-order valence-corrected chi connectivity index (χ2v) is 11.6. The Labute approximate surface area is 265 Å². The third-order valence-electron chi connectivity index (χ3n) is 5.82. The van der Waals surface area contributed by atoms with Crippen molar-refractivity contribution in [2.24, 2.45) is 4.52 Å². The lowest BCUT2D eigenvalue weighted by Crippen LogP contribution is -2.27. The van der Waals surface area contributed by atoms with Crippen LogP contribution in [-0.2, 0) is 46.9 Å². The molecule has 11 nitrogen and oxygen atoms in total. The third kappa shape index (κ3) is 34.8. The van der Waals surface area contributed by atoms with E-state index in [1.165, 1.54) is 0 Å². The van der Waals surface area contributed by atoms with Crippen LogP contribution in [0.1, 0.15) is 79.1 Å². The smallest absolute Gasteiger partial charge is 0.178 e. The van der Waals surface area contributed by atoms with E-state index in [1.54, 1.807) is 0 Å². The predicted molar refractivity (Wildman–Crippen MR) is 174 cm³/mol. The molecule has 0 aliphatic carbocycles. The van der Waals surface area contributed by atoms with E-state index in [0.29, 0.717) is 87.9 Å². The Morgan fingerprint density at radius 2 is 0.860 bits per heavy atom. The number of nitrogens with zero attached hydrogens (tertiary/aromatic N) is 1. The van der Waals surface area contributed by atoms with Crippen LogP contribution in [0, 0.1) is 0 Å². The first-order chi connectivity index (χ1) is 21.3. The molecule has 3 unspecified atom stereocenters. The van der Waals surface area contributed by atoms with Crippen LogP contribution in [0.4, 0.5) is 0 Å². The first-order valence-electron chi connectivity index (χ1n) is 16.4. The fourth-order valence-corrected chi connectivity index (χ4v) is 4.30. The second kappa shape index (κ2) is 38.3. The van der Waals surface area contributed by atoms with Crippen molar-refractivity contribution >= 4 is 17.6 Å². The first kappa shape index (κ1) is 43.1. The van der Waals surface area contributed by atoms with Gasteiger partial charge >= 0.3 is 0 Å². The van der Waals surface area contributed by atoms with E-state index in [-0.39, 0.29) is 21.2 Å². The third-order valence-corrected chi connectivity index (χ3v) is 7.03. The van der Waals surface area contributed by atoms with E-state index >= 15 is 0 Å². The molecule has 13 heteroatoms. The molecule has 0 rings (SSSR count). The quantitative estimate of drug-likeness (QED) is 0.0532. The lowest BCUT2D eigenvalue weighted by molar-refractivity contribution is -0.0607. The molecule has 0 spiro atoms. The molecule has 0 amide bonds. The summed E-state index contributed by atoms with van der Waals surface area (Å²) in [6.45, 7) is 17.5. The van der Waals surface area contributed by atoms with Gasteiger partial charge in [0.2, 0.25) is 0 Å². The van der Waals surface area contributed by atoms with Gasteiger partial charge in [0.15, 0.2) is 8.60 Å². The first-order valence-corrected chi connectivity index (χ1v) is 18.0. The molecule has 0 fully saturated rings. The van der Waals surface area contributed by atoms with Crippen molar-refractivity contribution in [3.63, 3.8) is 0 Å². The lowest BCUT2D eigenvalue weighted by Gasteiger charge is -2.18. The largest absolute Gasteiger partial charge is 0.379 e. The Morgan fingerprint density at radius 1 is 0.465 bits per heavy atom. The van der Waals surface area contributed by atoms with E-state index in [4.69, 9.17) is 46.9 Å². The van der Waals surface area contributed by atoms with Crippen molar-refractivity contribution in [3.8, 4) is 0 Å². The van der Waals surface area contributed by atoms with Gasteiger partial charge in [-0.2, -0.15) is 4.52 Å². The minimum atomic E-state index is -0.210.